The van der Waals surface area contributed by atoms with Gasteiger partial charge in [0, 0.05) is 16.1 Å². The van der Waals surface area contributed by atoms with Gasteiger partial charge in [0.25, 0.3) is 11.8 Å². The number of aryl methyl sites for hydroxylation is 2. The minimum absolute atomic E-state index is 0.218. The fourth-order valence-electron chi connectivity index (χ4n) is 3.78. The summed E-state index contributed by atoms with van der Waals surface area (Å²) in [5.74, 6) is 0.0767. The van der Waals surface area contributed by atoms with Crippen molar-refractivity contribution in [2.24, 2.45) is 5.10 Å². The van der Waals surface area contributed by atoms with Crippen LogP contribution in [0.3, 0.4) is 0 Å². The van der Waals surface area contributed by atoms with Crippen molar-refractivity contribution in [2.45, 2.75) is 43.4 Å². The molecule has 2 unspecified atom stereocenters. The lowest BCUT2D eigenvalue weighted by atomic mass is 10.1. The fourth-order valence-corrected chi connectivity index (χ4v) is 5.75. The Morgan fingerprint density at radius 1 is 1.11 bits per heavy atom. The Balaban J connectivity index is 1.48. The van der Waals surface area contributed by atoms with Crippen molar-refractivity contribution in [2.75, 3.05) is 10.3 Å². The standard InChI is InChI=1S/C27H24Cl3N3O3S/c1-4-21(36-22-10-9-15(2)11-16(22)3)26(34)32-20-7-5-6-8-23(20)37-24-14-31-33(27(24)35)25-18(29)12-17(28)13-19(25)30/h5-14,21,24H,4H2,1-3H3,(H,32,34). The van der Waals surface area contributed by atoms with Crippen molar-refractivity contribution < 1.29 is 14.3 Å². The second-order valence-electron chi connectivity index (χ2n) is 8.44. The molecular weight excluding hydrogens is 553 g/mol. The molecule has 1 aliphatic rings. The van der Waals surface area contributed by atoms with E-state index >= 15 is 0 Å². The molecule has 1 aliphatic heterocycles. The van der Waals surface area contributed by atoms with Crippen LogP contribution in [0.5, 0.6) is 5.75 Å². The number of thioether (sulfide) groups is 1. The van der Waals surface area contributed by atoms with Gasteiger partial charge in [0.2, 0.25) is 0 Å². The van der Waals surface area contributed by atoms with Gasteiger partial charge in [0.15, 0.2) is 6.10 Å². The molecule has 0 spiro atoms. The van der Waals surface area contributed by atoms with Gasteiger partial charge in [-0.1, -0.05) is 71.6 Å². The minimum atomic E-state index is -0.682. The van der Waals surface area contributed by atoms with E-state index in [-0.39, 0.29) is 27.5 Å². The zero-order chi connectivity index (χ0) is 26.7. The van der Waals surface area contributed by atoms with Crippen molar-refractivity contribution >= 4 is 76.0 Å². The Morgan fingerprint density at radius 3 is 2.49 bits per heavy atom. The van der Waals surface area contributed by atoms with E-state index in [0.29, 0.717) is 27.8 Å². The highest BCUT2D eigenvalue weighted by Crippen LogP contribution is 2.40. The topological polar surface area (TPSA) is 71.0 Å². The molecule has 37 heavy (non-hydrogen) atoms. The Labute approximate surface area is 234 Å². The predicted molar refractivity (Wildman–Crippen MR) is 153 cm³/mol. The molecule has 0 radical (unpaired) electrons. The van der Waals surface area contributed by atoms with Gasteiger partial charge in [-0.25, -0.2) is 0 Å². The Kier molecular flexibility index (Phi) is 8.70. The van der Waals surface area contributed by atoms with Gasteiger partial charge >= 0.3 is 0 Å². The molecule has 3 aromatic rings. The highest BCUT2D eigenvalue weighted by atomic mass is 35.5. The number of hydrazone groups is 1. The van der Waals surface area contributed by atoms with Gasteiger partial charge in [-0.3, -0.25) is 9.59 Å². The summed E-state index contributed by atoms with van der Waals surface area (Å²) >= 11 is 19.8. The van der Waals surface area contributed by atoms with Crippen LogP contribution in [0, 0.1) is 13.8 Å². The molecular formula is C27H24Cl3N3O3S. The van der Waals surface area contributed by atoms with Crippen LogP contribution in [0.2, 0.25) is 15.1 Å². The third-order valence-corrected chi connectivity index (χ3v) is 7.61. The van der Waals surface area contributed by atoms with Gasteiger partial charge in [0.1, 0.15) is 16.7 Å². The lowest BCUT2D eigenvalue weighted by Crippen LogP contribution is -2.33. The third kappa shape index (κ3) is 6.24. The molecule has 2 amide bonds. The van der Waals surface area contributed by atoms with Gasteiger partial charge in [-0.15, -0.1) is 11.8 Å². The molecule has 192 valence electrons. The van der Waals surface area contributed by atoms with Gasteiger partial charge < -0.3 is 10.1 Å². The van der Waals surface area contributed by atoms with E-state index in [9.17, 15) is 9.59 Å². The molecule has 2 atom stereocenters. The number of carbonyl (C=O) groups is 2. The van der Waals surface area contributed by atoms with E-state index in [0.717, 1.165) is 11.1 Å². The monoisotopic (exact) mass is 575 g/mol. The fraction of sp³-hybridized carbons (Fsp3) is 0.222. The van der Waals surface area contributed by atoms with E-state index in [4.69, 9.17) is 39.5 Å². The lowest BCUT2D eigenvalue weighted by molar-refractivity contribution is -0.122. The Hall–Kier alpha value is -2.71. The molecule has 0 aromatic heterocycles. The highest BCUT2D eigenvalue weighted by molar-refractivity contribution is 8.01. The molecule has 3 aromatic carbocycles. The van der Waals surface area contributed by atoms with Gasteiger partial charge in [0.05, 0.1) is 15.7 Å². The van der Waals surface area contributed by atoms with Crippen LogP contribution < -0.4 is 15.1 Å². The summed E-state index contributed by atoms with van der Waals surface area (Å²) in [6, 6.07) is 16.1. The summed E-state index contributed by atoms with van der Waals surface area (Å²) in [7, 11) is 0. The first-order chi connectivity index (χ1) is 17.7. The normalized spacial score (nSPS) is 15.7. The number of nitrogens with zero attached hydrogens (tertiary/aromatic N) is 2. The van der Waals surface area contributed by atoms with E-state index in [1.165, 1.54) is 35.1 Å². The number of para-hydroxylation sites is 1. The molecule has 0 bridgehead atoms. The van der Waals surface area contributed by atoms with E-state index in [1.807, 2.05) is 57.2 Å². The lowest BCUT2D eigenvalue weighted by Gasteiger charge is -2.20. The summed E-state index contributed by atoms with van der Waals surface area (Å²) < 4.78 is 6.03. The minimum Gasteiger partial charge on any atom is -0.480 e. The van der Waals surface area contributed by atoms with Crippen LogP contribution in [0.25, 0.3) is 0 Å². The maximum atomic E-state index is 13.2. The number of hydrogen-bond donors (Lipinski definition) is 1. The molecule has 0 aliphatic carbocycles. The number of nitrogens with one attached hydrogen (secondary N) is 1. The molecule has 1 heterocycles. The number of hydrogen-bond acceptors (Lipinski definition) is 5. The number of rotatable bonds is 8. The van der Waals surface area contributed by atoms with Crippen molar-refractivity contribution in [1.29, 1.82) is 0 Å². The van der Waals surface area contributed by atoms with Crippen LogP contribution in [0.4, 0.5) is 11.4 Å². The van der Waals surface area contributed by atoms with Crippen molar-refractivity contribution in [3.8, 4) is 5.75 Å². The average Bonchev–Trinajstić information content (AvgIpc) is 3.18. The second kappa shape index (κ2) is 11.8. The summed E-state index contributed by atoms with van der Waals surface area (Å²) in [4.78, 5) is 27.0. The zero-order valence-corrected chi connectivity index (χ0v) is 23.4. The van der Waals surface area contributed by atoms with Crippen LogP contribution in [-0.4, -0.2) is 29.4 Å². The molecule has 6 nitrogen and oxygen atoms in total. The van der Waals surface area contributed by atoms with Crippen LogP contribution in [-0.2, 0) is 9.59 Å². The third-order valence-electron chi connectivity index (χ3n) is 5.62. The molecule has 0 saturated heterocycles. The number of ether oxygens (including phenoxy) is 1. The van der Waals surface area contributed by atoms with Gasteiger partial charge in [-0.2, -0.15) is 10.1 Å². The van der Waals surface area contributed by atoms with Crippen LogP contribution >= 0.6 is 46.6 Å². The SMILES string of the molecule is CCC(Oc1ccc(C)cc1C)C(=O)Nc1ccccc1SC1C=NN(c2c(Cl)cc(Cl)cc2Cl)C1=O. The van der Waals surface area contributed by atoms with E-state index in [1.54, 1.807) is 6.07 Å². The van der Waals surface area contributed by atoms with Gasteiger partial charge in [-0.05, 0) is 56.2 Å². The summed E-state index contributed by atoms with van der Waals surface area (Å²) in [5.41, 5.74) is 2.93. The highest BCUT2D eigenvalue weighted by Gasteiger charge is 2.34. The quantitative estimate of drug-likeness (QED) is 0.300. The Morgan fingerprint density at radius 2 is 1.81 bits per heavy atom. The number of carbonyl (C=O) groups excluding carboxylic acids is 2. The zero-order valence-electron chi connectivity index (χ0n) is 20.3. The van der Waals surface area contributed by atoms with Crippen molar-refractivity contribution in [1.82, 2.24) is 0 Å². The second-order valence-corrected chi connectivity index (χ2v) is 10.9. The number of amides is 2. The van der Waals surface area contributed by atoms with Crippen molar-refractivity contribution in [3.05, 3.63) is 80.8 Å². The molecule has 0 fully saturated rings. The summed E-state index contributed by atoms with van der Waals surface area (Å²) in [6.07, 6.45) is 1.32. The summed E-state index contributed by atoms with van der Waals surface area (Å²) in [6.45, 7) is 5.85. The average molecular weight is 577 g/mol. The number of benzene rings is 3. The molecule has 10 heteroatoms. The van der Waals surface area contributed by atoms with E-state index in [2.05, 4.69) is 10.4 Å². The smallest absolute Gasteiger partial charge is 0.266 e. The first-order valence-corrected chi connectivity index (χ1v) is 13.5. The number of anilines is 2. The Bertz CT molecular complexity index is 1360. The molecule has 4 rings (SSSR count). The first-order valence-electron chi connectivity index (χ1n) is 11.5. The molecule has 0 saturated carbocycles. The first kappa shape index (κ1) is 27.3. The number of halogens is 3. The van der Waals surface area contributed by atoms with Crippen LogP contribution in [0.15, 0.2) is 64.6 Å². The molecule has 1 N–H and O–H groups in total. The largest absolute Gasteiger partial charge is 0.480 e. The summed E-state index contributed by atoms with van der Waals surface area (Å²) in [5, 5.41) is 8.51. The van der Waals surface area contributed by atoms with Crippen LogP contribution in [0.1, 0.15) is 24.5 Å². The maximum Gasteiger partial charge on any atom is 0.266 e. The van der Waals surface area contributed by atoms with E-state index < -0.39 is 11.4 Å². The maximum absolute atomic E-state index is 13.2. The predicted octanol–water partition coefficient (Wildman–Crippen LogP) is 7.55. The van der Waals surface area contributed by atoms with Crippen molar-refractivity contribution in [3.63, 3.8) is 0 Å².